The zero-order valence-electron chi connectivity index (χ0n) is 15.2. The average Bonchev–Trinajstić information content (AvgIpc) is 3.14. The molecule has 2 saturated heterocycles. The van der Waals surface area contributed by atoms with Crippen LogP contribution in [0.2, 0.25) is 0 Å². The van der Waals surface area contributed by atoms with Gasteiger partial charge in [-0.15, -0.1) is 11.3 Å². The molecule has 2 aliphatic heterocycles. The highest BCUT2D eigenvalue weighted by atomic mass is 32.1. The largest absolute Gasteiger partial charge is 0.378 e. The Morgan fingerprint density at radius 3 is 2.88 bits per heavy atom. The van der Waals surface area contributed by atoms with Crippen molar-refractivity contribution in [2.24, 2.45) is 5.92 Å². The van der Waals surface area contributed by atoms with E-state index in [4.69, 9.17) is 4.74 Å². The molecule has 26 heavy (non-hydrogen) atoms. The van der Waals surface area contributed by atoms with E-state index in [1.807, 2.05) is 17.2 Å². The fraction of sp³-hybridized carbons (Fsp3) is 0.500. The minimum atomic E-state index is 0.172. The number of rotatable bonds is 3. The Hall–Kier alpha value is -1.92. The smallest absolute Gasteiger partial charge is 0.264 e. The summed E-state index contributed by atoms with van der Waals surface area (Å²) in [5.74, 6) is 0.760. The predicted octanol–water partition coefficient (Wildman–Crippen LogP) is 3.52. The molecule has 0 saturated carbocycles. The zero-order chi connectivity index (χ0) is 17.9. The Balaban J connectivity index is 1.67. The summed E-state index contributed by atoms with van der Waals surface area (Å²) in [6.45, 7) is 7.16. The van der Waals surface area contributed by atoms with Crippen LogP contribution in [0.1, 0.15) is 29.4 Å². The number of piperidine rings is 1. The number of pyridine rings is 1. The SMILES string of the molecule is CC1CCCN(C(=O)c2cc(-c3cccnc3)c(N3CCOCC3)s2)C1. The number of carbonyl (C=O) groups is 1. The van der Waals surface area contributed by atoms with E-state index in [0.717, 1.165) is 66.8 Å². The minimum Gasteiger partial charge on any atom is -0.378 e. The number of thiophene rings is 1. The number of aromatic nitrogens is 1. The molecule has 2 aromatic rings. The number of anilines is 1. The number of carbonyl (C=O) groups excluding carboxylic acids is 1. The van der Waals surface area contributed by atoms with Crippen molar-refractivity contribution in [2.45, 2.75) is 19.8 Å². The summed E-state index contributed by atoms with van der Waals surface area (Å²) in [6, 6.07) is 6.08. The molecule has 2 aromatic heterocycles. The van der Waals surface area contributed by atoms with Crippen LogP contribution in [0.5, 0.6) is 0 Å². The van der Waals surface area contributed by atoms with Gasteiger partial charge in [0.2, 0.25) is 0 Å². The third-order valence-electron chi connectivity index (χ3n) is 5.14. The van der Waals surface area contributed by atoms with Crippen LogP contribution in [-0.2, 0) is 4.74 Å². The van der Waals surface area contributed by atoms with Crippen molar-refractivity contribution >= 4 is 22.2 Å². The zero-order valence-corrected chi connectivity index (χ0v) is 16.0. The summed E-state index contributed by atoms with van der Waals surface area (Å²) in [6.07, 6.45) is 5.98. The van der Waals surface area contributed by atoms with Crippen molar-refractivity contribution in [3.8, 4) is 11.1 Å². The van der Waals surface area contributed by atoms with Gasteiger partial charge in [0.15, 0.2) is 0 Å². The Morgan fingerprint density at radius 2 is 2.15 bits per heavy atom. The standard InChI is InChI=1S/C20H25N3O2S/c1-15-4-3-7-23(14-15)19(24)18-12-17(16-5-2-6-21-13-16)20(26-18)22-8-10-25-11-9-22/h2,5-6,12-13,15H,3-4,7-11,14H2,1H3. The molecule has 6 heteroatoms. The molecule has 0 N–H and O–H groups in total. The number of hydrogen-bond donors (Lipinski definition) is 0. The van der Waals surface area contributed by atoms with E-state index in [1.165, 1.54) is 6.42 Å². The Bertz CT molecular complexity index is 756. The van der Waals surface area contributed by atoms with Crippen LogP contribution in [0, 0.1) is 5.92 Å². The van der Waals surface area contributed by atoms with Crippen LogP contribution in [-0.4, -0.2) is 55.2 Å². The van der Waals surface area contributed by atoms with E-state index in [0.29, 0.717) is 5.92 Å². The highest BCUT2D eigenvalue weighted by Gasteiger charge is 2.26. The quantitative estimate of drug-likeness (QED) is 0.828. The maximum atomic E-state index is 13.1. The van der Waals surface area contributed by atoms with Gasteiger partial charge in [0.05, 0.1) is 23.1 Å². The van der Waals surface area contributed by atoms with E-state index >= 15 is 0 Å². The number of ether oxygens (including phenoxy) is 1. The van der Waals surface area contributed by atoms with Gasteiger partial charge in [0, 0.05) is 49.7 Å². The van der Waals surface area contributed by atoms with Gasteiger partial charge in [-0.05, 0) is 30.9 Å². The molecule has 0 aromatic carbocycles. The van der Waals surface area contributed by atoms with Gasteiger partial charge < -0.3 is 14.5 Å². The maximum absolute atomic E-state index is 13.1. The minimum absolute atomic E-state index is 0.172. The topological polar surface area (TPSA) is 45.7 Å². The van der Waals surface area contributed by atoms with Gasteiger partial charge in [-0.1, -0.05) is 13.0 Å². The van der Waals surface area contributed by atoms with Crippen molar-refractivity contribution in [3.63, 3.8) is 0 Å². The summed E-state index contributed by atoms with van der Waals surface area (Å²) in [5.41, 5.74) is 2.18. The van der Waals surface area contributed by atoms with Gasteiger partial charge in [0.25, 0.3) is 5.91 Å². The number of morpholine rings is 1. The Labute approximate surface area is 158 Å². The van der Waals surface area contributed by atoms with E-state index in [2.05, 4.69) is 28.9 Å². The van der Waals surface area contributed by atoms with Gasteiger partial charge >= 0.3 is 0 Å². The molecule has 0 aliphatic carbocycles. The van der Waals surface area contributed by atoms with Crippen LogP contribution in [0.4, 0.5) is 5.00 Å². The lowest BCUT2D eigenvalue weighted by Gasteiger charge is -2.30. The molecular formula is C20H25N3O2S. The fourth-order valence-corrected chi connectivity index (χ4v) is 4.95. The molecule has 0 bridgehead atoms. The molecule has 0 radical (unpaired) electrons. The third kappa shape index (κ3) is 3.62. The van der Waals surface area contributed by atoms with E-state index < -0.39 is 0 Å². The van der Waals surface area contributed by atoms with Gasteiger partial charge in [0.1, 0.15) is 0 Å². The second-order valence-electron chi connectivity index (χ2n) is 7.17. The normalized spacial score (nSPS) is 21.0. The molecule has 4 heterocycles. The first-order valence-electron chi connectivity index (χ1n) is 9.38. The van der Waals surface area contributed by atoms with Gasteiger partial charge in [-0.2, -0.15) is 0 Å². The second-order valence-corrected chi connectivity index (χ2v) is 8.20. The number of hydrogen-bond acceptors (Lipinski definition) is 5. The van der Waals surface area contributed by atoms with Crippen LogP contribution >= 0.6 is 11.3 Å². The van der Waals surface area contributed by atoms with Gasteiger partial charge in [-0.25, -0.2) is 0 Å². The molecule has 2 aliphatic rings. The van der Waals surface area contributed by atoms with Crippen molar-refractivity contribution < 1.29 is 9.53 Å². The van der Waals surface area contributed by atoms with E-state index in [-0.39, 0.29) is 5.91 Å². The van der Waals surface area contributed by atoms with Crippen molar-refractivity contribution in [3.05, 3.63) is 35.5 Å². The first kappa shape index (κ1) is 17.5. The van der Waals surface area contributed by atoms with Crippen LogP contribution < -0.4 is 4.90 Å². The number of nitrogens with zero attached hydrogens (tertiary/aromatic N) is 3. The summed E-state index contributed by atoms with van der Waals surface area (Å²) < 4.78 is 5.50. The summed E-state index contributed by atoms with van der Waals surface area (Å²) >= 11 is 1.62. The molecule has 1 atom stereocenters. The summed E-state index contributed by atoms with van der Waals surface area (Å²) in [7, 11) is 0. The lowest BCUT2D eigenvalue weighted by Crippen LogP contribution is -2.38. The monoisotopic (exact) mass is 371 g/mol. The Kier molecular flexibility index (Phi) is 5.22. The molecule has 0 spiro atoms. The van der Waals surface area contributed by atoms with Crippen LogP contribution in [0.25, 0.3) is 11.1 Å². The molecule has 4 rings (SSSR count). The third-order valence-corrected chi connectivity index (χ3v) is 6.32. The number of likely N-dealkylation sites (tertiary alicyclic amines) is 1. The summed E-state index contributed by atoms with van der Waals surface area (Å²) in [5, 5.41) is 1.16. The van der Waals surface area contributed by atoms with Crippen molar-refractivity contribution in [2.75, 3.05) is 44.3 Å². The fourth-order valence-electron chi connectivity index (χ4n) is 3.75. The van der Waals surface area contributed by atoms with Crippen LogP contribution in [0.15, 0.2) is 30.6 Å². The molecule has 5 nitrogen and oxygen atoms in total. The Morgan fingerprint density at radius 1 is 1.31 bits per heavy atom. The molecule has 138 valence electrons. The van der Waals surface area contributed by atoms with Crippen LogP contribution in [0.3, 0.4) is 0 Å². The predicted molar refractivity (Wildman–Crippen MR) is 105 cm³/mol. The highest BCUT2D eigenvalue weighted by molar-refractivity contribution is 7.18. The molecular weight excluding hydrogens is 346 g/mol. The average molecular weight is 372 g/mol. The molecule has 2 fully saturated rings. The highest BCUT2D eigenvalue weighted by Crippen LogP contribution is 2.40. The van der Waals surface area contributed by atoms with Crippen molar-refractivity contribution in [1.29, 1.82) is 0 Å². The van der Waals surface area contributed by atoms with E-state index in [9.17, 15) is 4.79 Å². The van der Waals surface area contributed by atoms with Crippen molar-refractivity contribution in [1.82, 2.24) is 9.88 Å². The lowest BCUT2D eigenvalue weighted by molar-refractivity contribution is 0.0688. The van der Waals surface area contributed by atoms with E-state index in [1.54, 1.807) is 17.5 Å². The first-order valence-corrected chi connectivity index (χ1v) is 10.2. The first-order chi connectivity index (χ1) is 12.7. The second kappa shape index (κ2) is 7.76. The molecule has 1 amide bonds. The summed E-state index contributed by atoms with van der Waals surface area (Å²) in [4.78, 5) is 22.6. The van der Waals surface area contributed by atoms with Gasteiger partial charge in [-0.3, -0.25) is 9.78 Å². The molecule has 1 unspecified atom stereocenters. The number of amides is 1. The maximum Gasteiger partial charge on any atom is 0.264 e. The lowest BCUT2D eigenvalue weighted by atomic mass is 10.00.